The van der Waals surface area contributed by atoms with Crippen LogP contribution in [0.5, 0.6) is 0 Å². The van der Waals surface area contributed by atoms with Crippen LogP contribution in [0.25, 0.3) is 11.1 Å². The van der Waals surface area contributed by atoms with Crippen LogP contribution in [0.3, 0.4) is 0 Å². The number of fused-ring (bicyclic) bond motifs is 3. The normalized spacial score (nSPS) is 17.1. The lowest BCUT2D eigenvalue weighted by atomic mass is 9.78. The first-order valence-electron chi connectivity index (χ1n) is 10.9. The number of nitrogens with one attached hydrogen (secondary N) is 1. The zero-order chi connectivity index (χ0) is 20.9. The van der Waals surface area contributed by atoms with E-state index in [2.05, 4.69) is 29.6 Å². The molecule has 1 fully saturated rings. The number of carbonyl (C=O) groups excluding carboxylic acids is 1. The van der Waals surface area contributed by atoms with E-state index in [1.54, 1.807) is 0 Å². The van der Waals surface area contributed by atoms with Crippen molar-refractivity contribution < 1.29 is 19.4 Å². The summed E-state index contributed by atoms with van der Waals surface area (Å²) in [6.45, 7) is 0.626. The number of carboxylic acids is 1. The number of rotatable bonds is 7. The largest absolute Gasteiger partial charge is 0.481 e. The fourth-order valence-corrected chi connectivity index (χ4v) is 5.10. The van der Waals surface area contributed by atoms with Crippen LogP contribution >= 0.6 is 0 Å². The Balaban J connectivity index is 1.36. The number of hydrogen-bond acceptors (Lipinski definition) is 3. The van der Waals surface area contributed by atoms with Gasteiger partial charge in [0.25, 0.3) is 0 Å². The van der Waals surface area contributed by atoms with Gasteiger partial charge in [0, 0.05) is 12.5 Å². The van der Waals surface area contributed by atoms with Crippen molar-refractivity contribution in [2.45, 2.75) is 44.4 Å². The maximum atomic E-state index is 12.4. The lowest BCUT2D eigenvalue weighted by Gasteiger charge is -2.29. The van der Waals surface area contributed by atoms with Gasteiger partial charge in [0.2, 0.25) is 0 Å². The molecule has 158 valence electrons. The highest BCUT2D eigenvalue weighted by molar-refractivity contribution is 5.79. The first kappa shape index (κ1) is 20.5. The van der Waals surface area contributed by atoms with E-state index in [0.717, 1.165) is 25.7 Å². The summed E-state index contributed by atoms with van der Waals surface area (Å²) in [5, 5.41) is 12.1. The Morgan fingerprint density at radius 2 is 1.57 bits per heavy atom. The number of ether oxygens (including phenoxy) is 1. The molecule has 0 radical (unpaired) electrons. The Bertz CT molecular complexity index is 858. The number of carboxylic acid groups (broad SMARTS) is 1. The van der Waals surface area contributed by atoms with Crippen molar-refractivity contribution in [3.05, 3.63) is 59.7 Å². The standard InChI is InChI=1S/C25H29NO4/c27-24(28)14-18(17-8-2-1-3-9-17)15-26-25(29)30-16-23-21-12-6-4-10-19(21)20-11-5-7-13-22(20)23/h4-7,10-13,17-18,23H,1-3,8-9,14-16H2,(H,26,29)(H,27,28). The Kier molecular flexibility index (Phi) is 6.36. The summed E-state index contributed by atoms with van der Waals surface area (Å²) in [6.07, 6.45) is 5.22. The van der Waals surface area contributed by atoms with Crippen LogP contribution in [0, 0.1) is 11.8 Å². The van der Waals surface area contributed by atoms with E-state index in [4.69, 9.17) is 4.74 Å². The number of benzene rings is 2. The van der Waals surface area contributed by atoms with Crippen molar-refractivity contribution in [3.63, 3.8) is 0 Å². The van der Waals surface area contributed by atoms with E-state index in [9.17, 15) is 14.7 Å². The number of aliphatic carboxylic acids is 1. The van der Waals surface area contributed by atoms with Gasteiger partial charge in [-0.15, -0.1) is 0 Å². The SMILES string of the molecule is O=C(O)CC(CNC(=O)OCC1c2ccccc2-c2ccccc21)C1CCCCC1. The van der Waals surface area contributed by atoms with Gasteiger partial charge < -0.3 is 15.2 Å². The quantitative estimate of drug-likeness (QED) is 0.662. The Hall–Kier alpha value is -2.82. The van der Waals surface area contributed by atoms with Crippen LogP contribution in [-0.2, 0) is 9.53 Å². The molecule has 1 atom stereocenters. The van der Waals surface area contributed by atoms with Crippen LogP contribution in [0.15, 0.2) is 48.5 Å². The van der Waals surface area contributed by atoms with E-state index in [-0.39, 0.29) is 24.9 Å². The third-order valence-corrected chi connectivity index (χ3v) is 6.61. The molecule has 2 aliphatic rings. The summed E-state index contributed by atoms with van der Waals surface area (Å²) in [7, 11) is 0. The first-order chi connectivity index (χ1) is 14.6. The molecule has 30 heavy (non-hydrogen) atoms. The van der Waals surface area contributed by atoms with E-state index in [0.29, 0.717) is 12.5 Å². The van der Waals surface area contributed by atoms with Crippen LogP contribution in [-0.4, -0.2) is 30.3 Å². The van der Waals surface area contributed by atoms with Crippen molar-refractivity contribution in [2.24, 2.45) is 11.8 Å². The number of alkyl carbamates (subject to hydrolysis) is 1. The molecule has 0 bridgehead atoms. The zero-order valence-electron chi connectivity index (χ0n) is 17.2. The molecule has 1 unspecified atom stereocenters. The maximum absolute atomic E-state index is 12.4. The molecule has 0 spiro atoms. The lowest BCUT2D eigenvalue weighted by Crippen LogP contribution is -2.35. The Labute approximate surface area is 177 Å². The highest BCUT2D eigenvalue weighted by Gasteiger charge is 2.30. The summed E-state index contributed by atoms with van der Waals surface area (Å²) < 4.78 is 5.58. The van der Waals surface area contributed by atoms with E-state index in [1.807, 2.05) is 24.3 Å². The molecule has 5 nitrogen and oxygen atoms in total. The van der Waals surface area contributed by atoms with Crippen LogP contribution in [0.1, 0.15) is 55.6 Å². The third kappa shape index (κ3) is 4.50. The number of carbonyl (C=O) groups is 2. The maximum Gasteiger partial charge on any atom is 0.407 e. The average Bonchev–Trinajstić information content (AvgIpc) is 3.09. The Morgan fingerprint density at radius 1 is 0.967 bits per heavy atom. The summed E-state index contributed by atoms with van der Waals surface area (Å²) in [5.74, 6) is -0.455. The second-order valence-electron chi connectivity index (χ2n) is 8.46. The number of amides is 1. The van der Waals surface area contributed by atoms with Gasteiger partial charge in [0.05, 0.1) is 6.42 Å². The fraction of sp³-hybridized carbons (Fsp3) is 0.440. The highest BCUT2D eigenvalue weighted by atomic mass is 16.5. The van der Waals surface area contributed by atoms with Gasteiger partial charge in [-0.1, -0.05) is 80.6 Å². The van der Waals surface area contributed by atoms with Crippen LogP contribution in [0.4, 0.5) is 4.79 Å². The molecule has 2 aromatic carbocycles. The van der Waals surface area contributed by atoms with Crippen molar-refractivity contribution >= 4 is 12.1 Å². The smallest absolute Gasteiger partial charge is 0.407 e. The van der Waals surface area contributed by atoms with Crippen molar-refractivity contribution in [1.29, 1.82) is 0 Å². The molecule has 2 N–H and O–H groups in total. The molecule has 0 heterocycles. The van der Waals surface area contributed by atoms with Gasteiger partial charge in [0.1, 0.15) is 6.61 Å². The molecule has 0 aliphatic heterocycles. The fourth-order valence-electron chi connectivity index (χ4n) is 5.10. The minimum atomic E-state index is -0.806. The second-order valence-corrected chi connectivity index (χ2v) is 8.46. The van der Waals surface area contributed by atoms with Gasteiger partial charge >= 0.3 is 12.1 Å². The van der Waals surface area contributed by atoms with E-state index < -0.39 is 12.1 Å². The summed E-state index contributed by atoms with van der Waals surface area (Å²) in [6, 6.07) is 16.5. The molecule has 0 saturated heterocycles. The first-order valence-corrected chi connectivity index (χ1v) is 10.9. The molecule has 4 rings (SSSR count). The molecule has 2 aliphatic carbocycles. The topological polar surface area (TPSA) is 75.6 Å². The molecule has 1 saturated carbocycles. The predicted molar refractivity (Wildman–Crippen MR) is 115 cm³/mol. The molecular formula is C25H29NO4. The average molecular weight is 408 g/mol. The summed E-state index contributed by atoms with van der Waals surface area (Å²) in [4.78, 5) is 23.7. The Morgan fingerprint density at radius 3 is 2.17 bits per heavy atom. The van der Waals surface area contributed by atoms with E-state index in [1.165, 1.54) is 28.7 Å². The van der Waals surface area contributed by atoms with Gasteiger partial charge in [0.15, 0.2) is 0 Å². The van der Waals surface area contributed by atoms with Gasteiger partial charge in [-0.2, -0.15) is 0 Å². The van der Waals surface area contributed by atoms with Crippen molar-refractivity contribution in [1.82, 2.24) is 5.32 Å². The predicted octanol–water partition coefficient (Wildman–Crippen LogP) is 5.20. The van der Waals surface area contributed by atoms with Crippen molar-refractivity contribution in [2.75, 3.05) is 13.2 Å². The van der Waals surface area contributed by atoms with Gasteiger partial charge in [-0.05, 0) is 34.1 Å². The monoisotopic (exact) mass is 407 g/mol. The van der Waals surface area contributed by atoms with E-state index >= 15 is 0 Å². The van der Waals surface area contributed by atoms with Gasteiger partial charge in [-0.25, -0.2) is 4.79 Å². The summed E-state index contributed by atoms with van der Waals surface area (Å²) in [5.41, 5.74) is 4.75. The highest BCUT2D eigenvalue weighted by Crippen LogP contribution is 2.44. The second kappa shape index (κ2) is 9.33. The third-order valence-electron chi connectivity index (χ3n) is 6.61. The minimum absolute atomic E-state index is 0.0244. The zero-order valence-corrected chi connectivity index (χ0v) is 17.2. The molecule has 5 heteroatoms. The van der Waals surface area contributed by atoms with Crippen LogP contribution in [0.2, 0.25) is 0 Å². The molecular weight excluding hydrogens is 378 g/mol. The lowest BCUT2D eigenvalue weighted by molar-refractivity contribution is -0.138. The minimum Gasteiger partial charge on any atom is -0.481 e. The molecule has 0 aromatic heterocycles. The van der Waals surface area contributed by atoms with Crippen LogP contribution < -0.4 is 5.32 Å². The molecule has 2 aromatic rings. The number of hydrogen-bond donors (Lipinski definition) is 2. The molecule has 1 amide bonds. The summed E-state index contributed by atoms with van der Waals surface area (Å²) >= 11 is 0. The van der Waals surface area contributed by atoms with Gasteiger partial charge in [-0.3, -0.25) is 4.79 Å². The van der Waals surface area contributed by atoms with Crippen molar-refractivity contribution in [3.8, 4) is 11.1 Å².